The number of nitrogens with one attached hydrogen (secondary N) is 1. The molecule has 0 heterocycles. The van der Waals surface area contributed by atoms with Gasteiger partial charge in [-0.15, -0.1) is 0 Å². The maximum absolute atomic E-state index is 11.8. The third kappa shape index (κ3) is 5.85. The Morgan fingerprint density at radius 2 is 1.81 bits per heavy atom. The van der Waals surface area contributed by atoms with Crippen molar-refractivity contribution in [2.75, 3.05) is 12.3 Å². The lowest BCUT2D eigenvalue weighted by Gasteiger charge is -2.20. The summed E-state index contributed by atoms with van der Waals surface area (Å²) in [7, 11) is -2.98. The molecule has 0 aliphatic rings. The zero-order chi connectivity index (χ0) is 12.8. The topological polar surface area (TPSA) is 46.2 Å². The fourth-order valence-corrected chi connectivity index (χ4v) is 2.36. The Kier molecular flexibility index (Phi) is 6.56. The van der Waals surface area contributed by atoms with Crippen molar-refractivity contribution < 1.29 is 8.42 Å². The Labute approximate surface area is 101 Å². The molecule has 0 bridgehead atoms. The molecule has 0 aromatic rings. The minimum atomic E-state index is -2.98. The molecule has 0 fully saturated rings. The highest BCUT2D eigenvalue weighted by molar-refractivity contribution is 7.92. The average Bonchev–Trinajstić information content (AvgIpc) is 2.12. The van der Waals surface area contributed by atoms with E-state index in [-0.39, 0.29) is 5.75 Å². The van der Waals surface area contributed by atoms with E-state index in [1.807, 2.05) is 0 Å². The van der Waals surface area contributed by atoms with Gasteiger partial charge in [-0.1, -0.05) is 19.8 Å². The maximum atomic E-state index is 11.8. The molecule has 0 saturated heterocycles. The van der Waals surface area contributed by atoms with Crippen molar-refractivity contribution in [2.24, 2.45) is 0 Å². The van der Waals surface area contributed by atoms with Crippen LogP contribution in [0.1, 0.15) is 53.9 Å². The van der Waals surface area contributed by atoms with Gasteiger partial charge in [0, 0.05) is 12.6 Å². The van der Waals surface area contributed by atoms with E-state index in [0.717, 1.165) is 6.42 Å². The largest absolute Gasteiger partial charge is 0.313 e. The lowest BCUT2D eigenvalue weighted by molar-refractivity contribution is 0.503. The van der Waals surface area contributed by atoms with Crippen LogP contribution in [-0.4, -0.2) is 31.5 Å². The van der Waals surface area contributed by atoms with Crippen LogP contribution < -0.4 is 5.32 Å². The summed E-state index contributed by atoms with van der Waals surface area (Å²) in [5.41, 5.74) is 0. The van der Waals surface area contributed by atoms with Crippen LogP contribution in [0.25, 0.3) is 0 Å². The minimum absolute atomic E-state index is 0.229. The Morgan fingerprint density at radius 1 is 1.25 bits per heavy atom. The highest BCUT2D eigenvalue weighted by Gasteiger charge is 2.28. The summed E-state index contributed by atoms with van der Waals surface area (Å²) in [6.45, 7) is 10.1. The van der Waals surface area contributed by atoms with Gasteiger partial charge >= 0.3 is 0 Å². The normalized spacial score (nSPS) is 15.1. The van der Waals surface area contributed by atoms with Crippen LogP contribution >= 0.6 is 0 Å². The molecule has 0 aromatic carbocycles. The number of sulfone groups is 1. The molecule has 0 aromatic heterocycles. The van der Waals surface area contributed by atoms with Gasteiger partial charge in [0.25, 0.3) is 0 Å². The van der Waals surface area contributed by atoms with Crippen LogP contribution in [-0.2, 0) is 9.84 Å². The van der Waals surface area contributed by atoms with E-state index >= 15 is 0 Å². The van der Waals surface area contributed by atoms with E-state index in [9.17, 15) is 8.42 Å². The van der Waals surface area contributed by atoms with Gasteiger partial charge in [-0.2, -0.15) is 0 Å². The van der Waals surface area contributed by atoms with Crippen LogP contribution in [0.2, 0.25) is 0 Å². The monoisotopic (exact) mass is 249 g/mol. The molecule has 1 unspecified atom stereocenters. The van der Waals surface area contributed by atoms with Gasteiger partial charge in [-0.25, -0.2) is 8.42 Å². The van der Waals surface area contributed by atoms with E-state index < -0.39 is 14.6 Å². The predicted octanol–water partition coefficient (Wildman–Crippen LogP) is 2.37. The molecule has 16 heavy (non-hydrogen) atoms. The highest BCUT2D eigenvalue weighted by atomic mass is 32.2. The van der Waals surface area contributed by atoms with Crippen molar-refractivity contribution in [2.45, 2.75) is 64.7 Å². The third-order valence-electron chi connectivity index (χ3n) is 2.79. The predicted molar refractivity (Wildman–Crippen MR) is 70.5 cm³/mol. The summed E-state index contributed by atoms with van der Waals surface area (Å²) in [5, 5.41) is 3.27. The molecule has 0 aliphatic carbocycles. The van der Waals surface area contributed by atoms with E-state index in [2.05, 4.69) is 19.2 Å². The number of hydrogen-bond acceptors (Lipinski definition) is 3. The van der Waals surface area contributed by atoms with Gasteiger partial charge in [-0.05, 0) is 34.1 Å². The van der Waals surface area contributed by atoms with E-state index in [0.29, 0.717) is 12.6 Å². The summed E-state index contributed by atoms with van der Waals surface area (Å²) in [4.78, 5) is 0. The maximum Gasteiger partial charge on any atom is 0.156 e. The Balaban J connectivity index is 3.91. The first-order chi connectivity index (χ1) is 7.20. The summed E-state index contributed by atoms with van der Waals surface area (Å²) in [5.74, 6) is 0.229. The molecule has 0 aliphatic heterocycles. The second-order valence-electron chi connectivity index (χ2n) is 5.43. The molecular formula is C12H27NO2S. The van der Waals surface area contributed by atoms with Crippen molar-refractivity contribution in [3.05, 3.63) is 0 Å². The lowest BCUT2D eigenvalue weighted by Crippen LogP contribution is -2.37. The zero-order valence-electron chi connectivity index (χ0n) is 11.3. The van der Waals surface area contributed by atoms with E-state index in [4.69, 9.17) is 0 Å². The van der Waals surface area contributed by atoms with Gasteiger partial charge in [0.05, 0.1) is 10.5 Å². The van der Waals surface area contributed by atoms with Crippen molar-refractivity contribution in [3.63, 3.8) is 0 Å². The second kappa shape index (κ2) is 6.60. The first-order valence-electron chi connectivity index (χ1n) is 6.16. The zero-order valence-corrected chi connectivity index (χ0v) is 12.2. The summed E-state index contributed by atoms with van der Waals surface area (Å²) < 4.78 is 23.0. The molecule has 98 valence electrons. The quantitative estimate of drug-likeness (QED) is 0.753. The Hall–Kier alpha value is -0.0900. The Morgan fingerprint density at radius 3 is 2.25 bits per heavy atom. The van der Waals surface area contributed by atoms with Gasteiger partial charge in [0.15, 0.2) is 9.84 Å². The van der Waals surface area contributed by atoms with Crippen LogP contribution in [0.5, 0.6) is 0 Å². The lowest BCUT2D eigenvalue weighted by atomic mass is 10.1. The van der Waals surface area contributed by atoms with Gasteiger partial charge in [-0.3, -0.25) is 0 Å². The molecule has 0 saturated carbocycles. The van der Waals surface area contributed by atoms with Crippen LogP contribution in [0.3, 0.4) is 0 Å². The number of unbranched alkanes of at least 4 members (excludes halogenated alkanes) is 1. The fraction of sp³-hybridized carbons (Fsp3) is 1.00. The molecule has 0 rings (SSSR count). The van der Waals surface area contributed by atoms with Crippen LogP contribution in [0.4, 0.5) is 0 Å². The highest BCUT2D eigenvalue weighted by Crippen LogP contribution is 2.15. The molecule has 1 atom stereocenters. The molecule has 0 spiro atoms. The van der Waals surface area contributed by atoms with Gasteiger partial charge < -0.3 is 5.32 Å². The minimum Gasteiger partial charge on any atom is -0.313 e. The van der Waals surface area contributed by atoms with Gasteiger partial charge in [0.2, 0.25) is 0 Å². The van der Waals surface area contributed by atoms with Crippen molar-refractivity contribution in [1.29, 1.82) is 0 Å². The molecule has 0 radical (unpaired) electrons. The second-order valence-corrected chi connectivity index (χ2v) is 8.29. The van der Waals surface area contributed by atoms with Crippen molar-refractivity contribution in [1.82, 2.24) is 5.32 Å². The SMILES string of the molecule is CCCCC(C)NCCS(=O)(=O)C(C)(C)C. The van der Waals surface area contributed by atoms with Crippen molar-refractivity contribution in [3.8, 4) is 0 Å². The van der Waals surface area contributed by atoms with Crippen LogP contribution in [0.15, 0.2) is 0 Å². The van der Waals surface area contributed by atoms with Crippen molar-refractivity contribution >= 4 is 9.84 Å². The number of rotatable bonds is 7. The molecular weight excluding hydrogens is 222 g/mol. The first-order valence-corrected chi connectivity index (χ1v) is 7.81. The summed E-state index contributed by atoms with van der Waals surface area (Å²) in [6, 6.07) is 0.412. The summed E-state index contributed by atoms with van der Waals surface area (Å²) in [6.07, 6.45) is 3.50. The third-order valence-corrected chi connectivity index (χ3v) is 5.39. The van der Waals surface area contributed by atoms with E-state index in [1.54, 1.807) is 20.8 Å². The summed E-state index contributed by atoms with van der Waals surface area (Å²) >= 11 is 0. The average molecular weight is 249 g/mol. The molecule has 1 N–H and O–H groups in total. The molecule has 4 heteroatoms. The fourth-order valence-electron chi connectivity index (χ4n) is 1.36. The van der Waals surface area contributed by atoms with E-state index in [1.165, 1.54) is 12.8 Å². The van der Waals surface area contributed by atoms with Gasteiger partial charge in [0.1, 0.15) is 0 Å². The molecule has 3 nitrogen and oxygen atoms in total. The molecule has 0 amide bonds. The smallest absolute Gasteiger partial charge is 0.156 e. The first kappa shape index (κ1) is 15.9. The standard InChI is InChI=1S/C12H27NO2S/c1-6-7-8-11(2)13-9-10-16(14,15)12(3,4)5/h11,13H,6-10H2,1-5H3. The number of hydrogen-bond donors (Lipinski definition) is 1. The van der Waals surface area contributed by atoms with Crippen LogP contribution in [0, 0.1) is 0 Å². The Bertz CT molecular complexity index is 278.